The molecule has 1 aromatic carbocycles. The molecule has 8 heteroatoms. The Balaban J connectivity index is 2.77. The van der Waals surface area contributed by atoms with E-state index in [1.54, 1.807) is 12.1 Å². The Hall–Kier alpha value is -1.60. The van der Waals surface area contributed by atoms with Crippen molar-refractivity contribution in [1.29, 1.82) is 0 Å². The lowest BCUT2D eigenvalue weighted by atomic mass is 10.2. The lowest BCUT2D eigenvalue weighted by Crippen LogP contribution is -2.23. The maximum absolute atomic E-state index is 11.8. The summed E-state index contributed by atoms with van der Waals surface area (Å²) in [6, 6.07) is 3.27. The summed E-state index contributed by atoms with van der Waals surface area (Å²) < 4.78 is 17.0. The number of halogens is 1. The highest BCUT2D eigenvalue weighted by atomic mass is 35.5. The zero-order valence-electron chi connectivity index (χ0n) is 12.3. The van der Waals surface area contributed by atoms with Crippen LogP contribution < -0.4 is 10.1 Å². The number of hydrogen-bond donors (Lipinski definition) is 2. The van der Waals surface area contributed by atoms with E-state index in [2.05, 4.69) is 5.32 Å². The Morgan fingerprint density at radius 2 is 2.05 bits per heavy atom. The molecule has 2 N–H and O–H groups in total. The topological polar surface area (TPSA) is 92.7 Å². The maximum Gasteiger partial charge on any atom is 0.316 e. The SMILES string of the molecule is CCCOc1cc(NC(=O)CS(=O)CC(=O)O)c(Cl)cc1C. The molecule has 0 aliphatic rings. The molecule has 6 nitrogen and oxygen atoms in total. The number of anilines is 1. The highest BCUT2D eigenvalue weighted by molar-refractivity contribution is 7.86. The van der Waals surface area contributed by atoms with Gasteiger partial charge < -0.3 is 15.2 Å². The molecule has 1 atom stereocenters. The predicted molar refractivity (Wildman–Crippen MR) is 86.1 cm³/mol. The molecular weight excluding hydrogens is 330 g/mol. The maximum atomic E-state index is 11.8. The van der Waals surface area contributed by atoms with Crippen molar-refractivity contribution < 1.29 is 23.6 Å². The second-order valence-corrected chi connectivity index (χ2v) is 6.48. The molecule has 0 bridgehead atoms. The highest BCUT2D eigenvalue weighted by Crippen LogP contribution is 2.30. The van der Waals surface area contributed by atoms with Gasteiger partial charge in [0.25, 0.3) is 0 Å². The first kappa shape index (κ1) is 18.4. The molecule has 122 valence electrons. The van der Waals surface area contributed by atoms with Crippen molar-refractivity contribution in [2.45, 2.75) is 20.3 Å². The number of amides is 1. The molecule has 0 saturated heterocycles. The predicted octanol–water partition coefficient (Wildman–Crippen LogP) is 2.21. The molecule has 0 saturated carbocycles. The first-order chi connectivity index (χ1) is 10.3. The zero-order chi connectivity index (χ0) is 16.7. The summed E-state index contributed by atoms with van der Waals surface area (Å²) in [5.74, 6) is -2.14. The van der Waals surface area contributed by atoms with Crippen LogP contribution >= 0.6 is 11.6 Å². The number of aliphatic carboxylic acids is 1. The van der Waals surface area contributed by atoms with Gasteiger partial charge in [-0.3, -0.25) is 13.8 Å². The van der Waals surface area contributed by atoms with E-state index >= 15 is 0 Å². The largest absolute Gasteiger partial charge is 0.493 e. The normalized spacial score (nSPS) is 11.8. The average Bonchev–Trinajstić information content (AvgIpc) is 2.39. The average molecular weight is 348 g/mol. The molecule has 0 heterocycles. The van der Waals surface area contributed by atoms with Crippen LogP contribution in [0.2, 0.25) is 5.02 Å². The second kappa shape index (κ2) is 8.75. The van der Waals surface area contributed by atoms with Gasteiger partial charge in [0, 0.05) is 16.9 Å². The Morgan fingerprint density at radius 3 is 2.64 bits per heavy atom. The summed E-state index contributed by atoms with van der Waals surface area (Å²) in [4.78, 5) is 22.2. The minimum absolute atomic E-state index is 0.332. The Bertz CT molecular complexity index is 591. The molecule has 0 aliphatic carbocycles. The van der Waals surface area contributed by atoms with Crippen LogP contribution in [0.25, 0.3) is 0 Å². The third kappa shape index (κ3) is 6.03. The van der Waals surface area contributed by atoms with Crippen molar-refractivity contribution in [1.82, 2.24) is 0 Å². The minimum atomic E-state index is -1.76. The number of ether oxygens (including phenoxy) is 1. The van der Waals surface area contributed by atoms with E-state index in [-0.39, 0.29) is 0 Å². The van der Waals surface area contributed by atoms with Crippen molar-refractivity contribution in [3.63, 3.8) is 0 Å². The first-order valence-electron chi connectivity index (χ1n) is 6.63. The molecule has 1 aromatic rings. The van der Waals surface area contributed by atoms with Gasteiger partial charge in [0.1, 0.15) is 17.3 Å². The van der Waals surface area contributed by atoms with Crippen LogP contribution in [-0.2, 0) is 20.4 Å². The fourth-order valence-corrected chi connectivity index (χ4v) is 2.64. The summed E-state index contributed by atoms with van der Waals surface area (Å²) in [5.41, 5.74) is 1.18. The lowest BCUT2D eigenvalue weighted by Gasteiger charge is -2.13. The van der Waals surface area contributed by atoms with Gasteiger partial charge in [-0.15, -0.1) is 0 Å². The summed E-state index contributed by atoms with van der Waals surface area (Å²) in [7, 11) is -1.76. The van der Waals surface area contributed by atoms with Crippen molar-refractivity contribution >= 4 is 40.0 Å². The molecule has 1 rings (SSSR count). The van der Waals surface area contributed by atoms with E-state index < -0.39 is 34.2 Å². The molecule has 0 spiro atoms. The van der Waals surface area contributed by atoms with Crippen molar-refractivity contribution in [2.75, 3.05) is 23.4 Å². The van der Waals surface area contributed by atoms with Gasteiger partial charge in [-0.25, -0.2) is 0 Å². The van der Waals surface area contributed by atoms with Crippen LogP contribution in [0, 0.1) is 6.92 Å². The van der Waals surface area contributed by atoms with E-state index in [9.17, 15) is 13.8 Å². The van der Waals surface area contributed by atoms with E-state index in [4.69, 9.17) is 21.4 Å². The van der Waals surface area contributed by atoms with Crippen LogP contribution in [0.15, 0.2) is 12.1 Å². The number of carbonyl (C=O) groups excluding carboxylic acids is 1. The van der Waals surface area contributed by atoms with Crippen LogP contribution in [0.5, 0.6) is 5.75 Å². The fourth-order valence-electron chi connectivity index (χ4n) is 1.64. The van der Waals surface area contributed by atoms with Gasteiger partial charge in [0.15, 0.2) is 0 Å². The highest BCUT2D eigenvalue weighted by Gasteiger charge is 2.14. The monoisotopic (exact) mass is 347 g/mol. The van der Waals surface area contributed by atoms with Crippen molar-refractivity contribution in [3.8, 4) is 5.75 Å². The van der Waals surface area contributed by atoms with Crippen LogP contribution in [0.1, 0.15) is 18.9 Å². The van der Waals surface area contributed by atoms with Crippen molar-refractivity contribution in [2.24, 2.45) is 0 Å². The lowest BCUT2D eigenvalue weighted by molar-refractivity contribution is -0.133. The number of aryl methyl sites for hydroxylation is 1. The van der Waals surface area contributed by atoms with Gasteiger partial charge in [-0.1, -0.05) is 18.5 Å². The molecule has 0 radical (unpaired) electrons. The number of rotatable bonds is 8. The zero-order valence-corrected chi connectivity index (χ0v) is 13.9. The third-order valence-electron chi connectivity index (χ3n) is 2.58. The van der Waals surface area contributed by atoms with E-state index in [0.717, 1.165) is 12.0 Å². The molecule has 1 unspecified atom stereocenters. The molecule has 0 fully saturated rings. The first-order valence-corrected chi connectivity index (χ1v) is 8.49. The van der Waals surface area contributed by atoms with Gasteiger partial charge in [-0.05, 0) is 25.0 Å². The number of carboxylic acids is 1. The van der Waals surface area contributed by atoms with Crippen LogP contribution in [-0.4, -0.2) is 39.3 Å². The summed E-state index contributed by atoms with van der Waals surface area (Å²) >= 11 is 6.06. The van der Waals surface area contributed by atoms with E-state index in [1.165, 1.54) is 0 Å². The minimum Gasteiger partial charge on any atom is -0.493 e. The van der Waals surface area contributed by atoms with E-state index in [0.29, 0.717) is 23.1 Å². The Kier molecular flexibility index (Phi) is 7.34. The smallest absolute Gasteiger partial charge is 0.316 e. The van der Waals surface area contributed by atoms with Gasteiger partial charge >= 0.3 is 5.97 Å². The molecule has 0 aliphatic heterocycles. The van der Waals surface area contributed by atoms with Gasteiger partial charge in [0.05, 0.1) is 17.3 Å². The Morgan fingerprint density at radius 1 is 1.36 bits per heavy atom. The standard InChI is InChI=1S/C14H18ClNO5S/c1-3-4-21-12-6-11(10(15)5-9(12)2)16-13(17)7-22(20)8-14(18)19/h5-6H,3-4,7-8H2,1-2H3,(H,16,17)(H,18,19). The van der Waals surface area contributed by atoms with E-state index in [1.807, 2.05) is 13.8 Å². The van der Waals surface area contributed by atoms with Crippen LogP contribution in [0.3, 0.4) is 0 Å². The number of carboxylic acid groups (broad SMARTS) is 1. The number of benzene rings is 1. The van der Waals surface area contributed by atoms with Gasteiger partial charge in [0.2, 0.25) is 5.91 Å². The molecular formula is C14H18ClNO5S. The van der Waals surface area contributed by atoms with Gasteiger partial charge in [-0.2, -0.15) is 0 Å². The summed E-state index contributed by atoms with van der Waals surface area (Å²) in [6.45, 7) is 4.36. The quantitative estimate of drug-likeness (QED) is 0.752. The second-order valence-electron chi connectivity index (χ2n) is 4.62. The van der Waals surface area contributed by atoms with Crippen LogP contribution in [0.4, 0.5) is 5.69 Å². The summed E-state index contributed by atoms with van der Waals surface area (Å²) in [6.07, 6.45) is 0.845. The van der Waals surface area contributed by atoms with Crippen molar-refractivity contribution in [3.05, 3.63) is 22.7 Å². The number of carbonyl (C=O) groups is 2. The third-order valence-corrected chi connectivity index (χ3v) is 4.04. The molecule has 0 aromatic heterocycles. The number of hydrogen-bond acceptors (Lipinski definition) is 4. The molecule has 22 heavy (non-hydrogen) atoms. The number of nitrogens with one attached hydrogen (secondary N) is 1. The fraction of sp³-hybridized carbons (Fsp3) is 0.429. The summed E-state index contributed by atoms with van der Waals surface area (Å²) in [5, 5.41) is 11.4. The molecule has 1 amide bonds. The Labute approximate surface area is 136 Å².